The fourth-order valence-corrected chi connectivity index (χ4v) is 8.23. The molecule has 0 amide bonds. The summed E-state index contributed by atoms with van der Waals surface area (Å²) in [4.78, 5) is 18.0. The van der Waals surface area contributed by atoms with Crippen LogP contribution in [0.15, 0.2) is 42.4 Å². The van der Waals surface area contributed by atoms with Crippen LogP contribution >= 0.6 is 0 Å². The lowest BCUT2D eigenvalue weighted by Crippen LogP contribution is -2.59. The molecule has 8 nitrogen and oxygen atoms in total. The zero-order chi connectivity index (χ0) is 34.3. The van der Waals surface area contributed by atoms with Crippen LogP contribution in [0.2, 0.25) is 0 Å². The van der Waals surface area contributed by atoms with E-state index in [9.17, 15) is 13.9 Å². The average Bonchev–Trinajstić information content (AvgIpc) is 3.73. The van der Waals surface area contributed by atoms with Crippen molar-refractivity contribution in [3.05, 3.63) is 59.6 Å². The minimum absolute atomic E-state index is 0.0127. The Labute approximate surface area is 273 Å². The Bertz CT molecular complexity index is 2100. The molecule has 2 aromatic carbocycles. The van der Waals surface area contributed by atoms with E-state index in [0.29, 0.717) is 54.4 Å². The molecule has 8 rings (SSSR count). The van der Waals surface area contributed by atoms with E-state index in [1.165, 1.54) is 30.5 Å². The molecule has 2 aromatic heterocycles. The van der Waals surface area contributed by atoms with Gasteiger partial charge in [0.2, 0.25) is 0 Å². The van der Waals surface area contributed by atoms with Gasteiger partial charge < -0.3 is 20.1 Å². The molecule has 2 bridgehead atoms. The van der Waals surface area contributed by atoms with Crippen molar-refractivity contribution < 1.29 is 25.8 Å². The number of ether oxygens (including phenoxy) is 1. The molecule has 2 N–H and O–H groups in total. The molecule has 0 aliphatic carbocycles. The number of hydrogen-bond acceptors (Lipinski definition) is 8. The number of terminal acetylenes is 1. The van der Waals surface area contributed by atoms with Crippen molar-refractivity contribution in [2.45, 2.75) is 62.5 Å². The second-order valence-electron chi connectivity index (χ2n) is 13.2. The average molecular weight is 643 g/mol. The number of fused-ring (bicyclic) bond motifs is 5. The van der Waals surface area contributed by atoms with Crippen LogP contribution in [0.3, 0.4) is 0 Å². The molecule has 4 fully saturated rings. The van der Waals surface area contributed by atoms with Gasteiger partial charge in [0.25, 0.3) is 0 Å². The maximum atomic E-state index is 17.0. The SMILES string of the molecule is [2H]C([2H])(C)[C@@]12CC[C@@H](CN(c3nc(OC[C@@]45CCCN4C/C(=C\F)C5)nc4c(F)c(-c5cc(O)cc6ccc(F)c(C#C)c56)ncc34)C1)N2. The maximum absolute atomic E-state index is 17.0. The summed E-state index contributed by atoms with van der Waals surface area (Å²) in [6, 6.07) is 5.28. The fraction of sp³-hybridized carbons (Fsp3) is 0.417. The number of aromatic hydroxyl groups is 1. The molecule has 4 aliphatic heterocycles. The van der Waals surface area contributed by atoms with Crippen LogP contribution in [0.5, 0.6) is 11.8 Å². The van der Waals surface area contributed by atoms with E-state index in [1.54, 1.807) is 6.92 Å². The highest BCUT2D eigenvalue weighted by molar-refractivity contribution is 6.03. The molecule has 0 spiro atoms. The third-order valence-electron chi connectivity index (χ3n) is 10.5. The van der Waals surface area contributed by atoms with Crippen molar-refractivity contribution in [1.82, 2.24) is 25.2 Å². The van der Waals surface area contributed by atoms with Gasteiger partial charge >= 0.3 is 6.01 Å². The highest BCUT2D eigenvalue weighted by atomic mass is 19.1. The normalized spacial score (nSPS) is 27.3. The Morgan fingerprint density at radius 1 is 1.28 bits per heavy atom. The molecule has 11 heteroatoms. The van der Waals surface area contributed by atoms with Gasteiger partial charge in [0.05, 0.1) is 22.8 Å². The number of nitrogens with zero attached hydrogens (tertiary/aromatic N) is 5. The number of aromatic nitrogens is 3. The summed E-state index contributed by atoms with van der Waals surface area (Å²) in [5.74, 6) is 1.02. The van der Waals surface area contributed by atoms with E-state index in [4.69, 9.17) is 18.9 Å². The zero-order valence-electron chi connectivity index (χ0n) is 27.9. The highest BCUT2D eigenvalue weighted by Crippen LogP contribution is 2.43. The van der Waals surface area contributed by atoms with Crippen LogP contribution < -0.4 is 15.0 Å². The molecule has 4 saturated heterocycles. The summed E-state index contributed by atoms with van der Waals surface area (Å²) in [5, 5.41) is 15.0. The Kier molecular flexibility index (Phi) is 6.54. The van der Waals surface area contributed by atoms with Gasteiger partial charge in [0.15, 0.2) is 5.82 Å². The molecular formula is C36H35F3N6O2. The maximum Gasteiger partial charge on any atom is 0.319 e. The first-order chi connectivity index (χ1) is 23.4. The Balaban J connectivity index is 1.29. The number of anilines is 1. The first-order valence-electron chi connectivity index (χ1n) is 16.9. The number of phenolic OH excluding ortho intramolecular Hbond substituents is 1. The van der Waals surface area contributed by atoms with E-state index in [1.807, 2.05) is 4.90 Å². The standard InChI is InChI=1S/C36H35F3N6O2/c1-3-25-28(38)7-6-22-12-24(46)13-26(29(22)25)31-30(39)32-27(16-40-31)33(44-18-23-8-10-35(4-2,19-44)43-23)42-34(41-32)47-20-36-9-5-11-45(36)17-21(14-36)15-37/h1,6-7,12-13,15-16,23,43,46H,4-5,8-11,14,17-20H2,2H3/b21-15-/t23-,35+,36-/m0/s1/i4D2. The van der Waals surface area contributed by atoms with Crippen molar-refractivity contribution >= 4 is 27.5 Å². The van der Waals surface area contributed by atoms with Gasteiger partial charge in [-0.05, 0) is 74.2 Å². The van der Waals surface area contributed by atoms with Gasteiger partial charge in [-0.1, -0.05) is 18.9 Å². The van der Waals surface area contributed by atoms with E-state index >= 15 is 4.39 Å². The summed E-state index contributed by atoms with van der Waals surface area (Å²) >= 11 is 0. The minimum atomic E-state index is -1.56. The summed E-state index contributed by atoms with van der Waals surface area (Å²) in [7, 11) is 0. The first kappa shape index (κ1) is 27.7. The molecule has 47 heavy (non-hydrogen) atoms. The second-order valence-corrected chi connectivity index (χ2v) is 13.2. The fourth-order valence-electron chi connectivity index (χ4n) is 8.23. The quantitative estimate of drug-likeness (QED) is 0.248. The molecule has 3 atom stereocenters. The van der Waals surface area contributed by atoms with Crippen molar-refractivity contribution in [3.8, 4) is 35.4 Å². The molecule has 242 valence electrons. The third-order valence-corrected chi connectivity index (χ3v) is 10.5. The van der Waals surface area contributed by atoms with Crippen molar-refractivity contribution in [2.24, 2.45) is 0 Å². The molecule has 4 aliphatic rings. The number of pyridine rings is 1. The smallest absolute Gasteiger partial charge is 0.319 e. The molecule has 0 unspecified atom stereocenters. The third kappa shape index (κ3) is 4.80. The van der Waals surface area contributed by atoms with E-state index in [-0.39, 0.29) is 58.7 Å². The van der Waals surface area contributed by atoms with E-state index in [2.05, 4.69) is 26.1 Å². The van der Waals surface area contributed by atoms with E-state index < -0.39 is 29.1 Å². The van der Waals surface area contributed by atoms with Crippen LogP contribution in [-0.2, 0) is 0 Å². The van der Waals surface area contributed by atoms with Crippen molar-refractivity contribution in [1.29, 1.82) is 0 Å². The van der Waals surface area contributed by atoms with Crippen LogP contribution in [-0.4, -0.2) is 74.9 Å². The largest absolute Gasteiger partial charge is 0.508 e. The van der Waals surface area contributed by atoms with Gasteiger partial charge in [-0.3, -0.25) is 9.88 Å². The van der Waals surface area contributed by atoms with Crippen LogP contribution in [0.4, 0.5) is 19.0 Å². The summed E-state index contributed by atoms with van der Waals surface area (Å²) in [6.07, 6.45) is 9.90. The van der Waals surface area contributed by atoms with Gasteiger partial charge in [0, 0.05) is 51.1 Å². The minimum Gasteiger partial charge on any atom is -0.508 e. The van der Waals surface area contributed by atoms with Gasteiger partial charge in [-0.15, -0.1) is 6.42 Å². The zero-order valence-corrected chi connectivity index (χ0v) is 25.9. The topological polar surface area (TPSA) is 86.6 Å². The molecule has 6 heterocycles. The summed E-state index contributed by atoms with van der Waals surface area (Å²) in [5.41, 5.74) is -0.862. The number of phenols is 1. The predicted octanol–water partition coefficient (Wildman–Crippen LogP) is 6.00. The monoisotopic (exact) mass is 642 g/mol. The van der Waals surface area contributed by atoms with Gasteiger partial charge in [-0.25, -0.2) is 13.2 Å². The predicted molar refractivity (Wildman–Crippen MR) is 174 cm³/mol. The van der Waals surface area contributed by atoms with E-state index in [0.717, 1.165) is 25.8 Å². The van der Waals surface area contributed by atoms with Crippen molar-refractivity contribution in [3.63, 3.8) is 0 Å². The second kappa shape index (κ2) is 11.1. The summed E-state index contributed by atoms with van der Waals surface area (Å²) < 4.78 is 69.1. The number of nitrogens with one attached hydrogen (secondary N) is 1. The molecule has 0 saturated carbocycles. The lowest BCUT2D eigenvalue weighted by molar-refractivity contribution is 0.108. The van der Waals surface area contributed by atoms with Crippen LogP contribution in [0.25, 0.3) is 32.9 Å². The number of benzene rings is 2. The van der Waals surface area contributed by atoms with Crippen LogP contribution in [0.1, 0.15) is 53.7 Å². The Hall–Kier alpha value is -4.40. The van der Waals surface area contributed by atoms with Crippen molar-refractivity contribution in [2.75, 3.05) is 37.7 Å². The Morgan fingerprint density at radius 2 is 2.15 bits per heavy atom. The lowest BCUT2D eigenvalue weighted by Gasteiger charge is -2.42. The molecule has 0 radical (unpaired) electrons. The summed E-state index contributed by atoms with van der Waals surface area (Å²) in [6.45, 7) is 3.84. The van der Waals surface area contributed by atoms with Gasteiger partial charge in [-0.2, -0.15) is 9.97 Å². The van der Waals surface area contributed by atoms with Crippen LogP contribution in [0, 0.1) is 24.0 Å². The number of rotatable bonds is 6. The van der Waals surface area contributed by atoms with Gasteiger partial charge in [0.1, 0.15) is 35.2 Å². The highest BCUT2D eigenvalue weighted by Gasteiger charge is 2.48. The number of hydrogen-bond donors (Lipinski definition) is 2. The first-order valence-corrected chi connectivity index (χ1v) is 15.9. The number of piperazine rings is 1. The molecule has 4 aromatic rings. The Morgan fingerprint density at radius 3 is 2.96 bits per heavy atom. The lowest BCUT2D eigenvalue weighted by atomic mass is 9.93. The molecular weight excluding hydrogens is 605 g/mol. The number of halogens is 3.